The second kappa shape index (κ2) is 26.1. The van der Waals surface area contributed by atoms with Gasteiger partial charge >= 0.3 is 177 Å². The van der Waals surface area contributed by atoms with Crippen LogP contribution in [0.15, 0.2) is 109 Å². The van der Waals surface area contributed by atoms with E-state index < -0.39 is 52.5 Å². The van der Waals surface area contributed by atoms with Crippen LogP contribution in [0.3, 0.4) is 0 Å². The fraction of sp³-hybridized carbons (Fsp3) is 0.0278. The molecule has 0 saturated heterocycles. The molecule has 7 rings (SSSR count). The van der Waals surface area contributed by atoms with Gasteiger partial charge in [0.05, 0.1) is 12.0 Å². The molecule has 288 valence electrons. The Morgan fingerprint density at radius 2 is 1.41 bits per heavy atom. The summed E-state index contributed by atoms with van der Waals surface area (Å²) in [6.07, 6.45) is 0. The molecule has 0 amide bonds. The summed E-state index contributed by atoms with van der Waals surface area (Å²) < 4.78 is 79.9. The van der Waals surface area contributed by atoms with Crippen LogP contribution in [0.1, 0.15) is 0 Å². The molecular formula is C36H20ClN9Na6O9S2. The van der Waals surface area contributed by atoms with Crippen LogP contribution in [0.5, 0.6) is 17.2 Å². The van der Waals surface area contributed by atoms with Gasteiger partial charge in [0.25, 0.3) is 0 Å². The number of methoxy groups -OCH3 is 1. The van der Waals surface area contributed by atoms with Gasteiger partial charge in [0.1, 0.15) is 31.7 Å². The fourth-order valence-electron chi connectivity index (χ4n) is 5.47. The van der Waals surface area contributed by atoms with Gasteiger partial charge < -0.3 is 34.7 Å². The van der Waals surface area contributed by atoms with Crippen molar-refractivity contribution in [2.24, 2.45) is 20.5 Å². The van der Waals surface area contributed by atoms with Crippen molar-refractivity contribution in [2.75, 3.05) is 17.7 Å². The van der Waals surface area contributed by atoms with E-state index in [-0.39, 0.29) is 239 Å². The fourth-order valence-corrected chi connectivity index (χ4v) is 7.10. The Balaban J connectivity index is 0.00000331. The van der Waals surface area contributed by atoms with Crippen LogP contribution < -0.4 is 193 Å². The molecule has 0 radical (unpaired) electrons. The van der Waals surface area contributed by atoms with Crippen LogP contribution in [-0.4, -0.2) is 58.2 Å². The number of ether oxygens (including phenoxy) is 1. The number of aromatic nitrogens is 3. The SMILES string of the molecule is COc1cc[c-]cc1N=Nc1[c-]cc2c(S(=O)(=O)[O-])c(Nc3nc(Cl)nc(Nc4c[c-]cc5cc(S(=O)(=O)[O-])c(N=Nc6[c-]cccc6)c(O)c45)n3)ccc2c1O.[Na+].[Na+].[Na+].[Na+].[Na+].[Na+]. The normalized spacial score (nSPS) is 11.0. The molecule has 7 aromatic rings. The molecule has 0 unspecified atom stereocenters. The Labute approximate surface area is 498 Å². The molecule has 1 aromatic heterocycles. The summed E-state index contributed by atoms with van der Waals surface area (Å²) in [6.45, 7) is 0. The number of halogens is 1. The van der Waals surface area contributed by atoms with Gasteiger partial charge in [-0.3, -0.25) is 0 Å². The minimum atomic E-state index is -5.27. The maximum absolute atomic E-state index is 12.7. The summed E-state index contributed by atoms with van der Waals surface area (Å²) in [6, 6.07) is 29.2. The third-order valence-electron chi connectivity index (χ3n) is 7.89. The molecule has 0 aliphatic rings. The summed E-state index contributed by atoms with van der Waals surface area (Å²) >= 11 is 6.21. The number of fused-ring (bicyclic) bond motifs is 2. The van der Waals surface area contributed by atoms with Gasteiger partial charge in [-0.05, 0) is 23.4 Å². The first-order valence-electron chi connectivity index (χ1n) is 15.8. The van der Waals surface area contributed by atoms with Gasteiger partial charge in [0, 0.05) is 33.5 Å². The number of phenols is 2. The van der Waals surface area contributed by atoms with Crippen molar-refractivity contribution in [3.63, 3.8) is 0 Å². The number of hydrogen-bond acceptors (Lipinski definition) is 18. The Kier molecular flexibility index (Phi) is 24.9. The van der Waals surface area contributed by atoms with Crippen molar-refractivity contribution >= 4 is 99.4 Å². The van der Waals surface area contributed by atoms with Crippen molar-refractivity contribution in [1.29, 1.82) is 0 Å². The molecule has 0 atom stereocenters. The molecule has 0 fully saturated rings. The largest absolute Gasteiger partial charge is 1.00 e. The van der Waals surface area contributed by atoms with Crippen LogP contribution in [0.2, 0.25) is 5.28 Å². The molecule has 0 aliphatic heterocycles. The van der Waals surface area contributed by atoms with Crippen LogP contribution in [-0.2, 0) is 20.2 Å². The number of phenolic OH excluding ortho intramolecular Hbond substituents is 2. The topological polar surface area (TPSA) is 276 Å². The van der Waals surface area contributed by atoms with E-state index in [1.165, 1.54) is 49.6 Å². The Hall–Kier alpha value is -0.840. The Morgan fingerprint density at radius 1 is 0.714 bits per heavy atom. The number of hydrogen-bond donors (Lipinski definition) is 4. The second-order valence-corrected chi connectivity index (χ2v) is 14.5. The van der Waals surface area contributed by atoms with E-state index in [2.05, 4.69) is 70.3 Å². The van der Waals surface area contributed by atoms with Crippen molar-refractivity contribution in [1.82, 2.24) is 15.0 Å². The van der Waals surface area contributed by atoms with Crippen LogP contribution in [0.25, 0.3) is 21.5 Å². The zero-order valence-corrected chi connectivity index (χ0v) is 49.0. The van der Waals surface area contributed by atoms with Crippen LogP contribution in [0.4, 0.5) is 46.0 Å². The van der Waals surface area contributed by atoms with E-state index in [0.29, 0.717) is 5.75 Å². The maximum atomic E-state index is 12.7. The molecule has 1 heterocycles. The van der Waals surface area contributed by atoms with Crippen molar-refractivity contribution in [2.45, 2.75) is 9.79 Å². The summed E-state index contributed by atoms with van der Waals surface area (Å²) in [7, 11) is -9.01. The molecule has 27 heteroatoms. The number of azo groups is 2. The molecule has 0 saturated carbocycles. The molecule has 0 bridgehead atoms. The first-order chi connectivity index (χ1) is 27.2. The Morgan fingerprint density at radius 3 is 2.05 bits per heavy atom. The van der Waals surface area contributed by atoms with E-state index in [1.54, 1.807) is 24.3 Å². The number of benzene rings is 6. The summed E-state index contributed by atoms with van der Waals surface area (Å²) in [5.41, 5.74) is -0.659. The molecule has 18 nitrogen and oxygen atoms in total. The van der Waals surface area contributed by atoms with Crippen LogP contribution >= 0.6 is 11.6 Å². The van der Waals surface area contributed by atoms with Crippen LogP contribution in [0, 0.1) is 24.3 Å². The molecule has 63 heavy (non-hydrogen) atoms. The predicted molar refractivity (Wildman–Crippen MR) is 202 cm³/mol. The minimum Gasteiger partial charge on any atom is -0.745 e. The summed E-state index contributed by atoms with van der Waals surface area (Å²) in [5.74, 6) is -1.56. The third kappa shape index (κ3) is 14.3. The van der Waals surface area contributed by atoms with Gasteiger partial charge in [-0.2, -0.15) is 91.9 Å². The smallest absolute Gasteiger partial charge is 0.745 e. The first kappa shape index (κ1) is 60.2. The van der Waals surface area contributed by atoms with Crippen molar-refractivity contribution < 1.29 is 218 Å². The average Bonchev–Trinajstić information content (AvgIpc) is 3.16. The van der Waals surface area contributed by atoms with Crippen molar-refractivity contribution in [3.05, 3.63) is 108 Å². The maximum Gasteiger partial charge on any atom is 1.00 e. The average molecular weight is 960 g/mol. The molecule has 4 N–H and O–H groups in total. The summed E-state index contributed by atoms with van der Waals surface area (Å²) in [4.78, 5) is 10.5. The number of nitrogens with one attached hydrogen (secondary N) is 2. The number of anilines is 4. The molecule has 0 spiro atoms. The zero-order valence-electron chi connectivity index (χ0n) is 34.6. The minimum absolute atomic E-state index is 0. The van der Waals surface area contributed by atoms with Crippen molar-refractivity contribution in [3.8, 4) is 17.2 Å². The number of rotatable bonds is 11. The van der Waals surface area contributed by atoms with E-state index in [1.807, 2.05) is 0 Å². The van der Waals surface area contributed by atoms with E-state index >= 15 is 0 Å². The van der Waals surface area contributed by atoms with Gasteiger partial charge in [0.2, 0.25) is 17.2 Å². The second-order valence-electron chi connectivity index (χ2n) is 11.5. The molecule has 0 aliphatic carbocycles. The summed E-state index contributed by atoms with van der Waals surface area (Å²) in [5, 5.41) is 42.8. The van der Waals surface area contributed by atoms with E-state index in [4.69, 9.17) is 16.3 Å². The van der Waals surface area contributed by atoms with Gasteiger partial charge in [-0.25, -0.2) is 21.9 Å². The van der Waals surface area contributed by atoms with Gasteiger partial charge in [-0.1, -0.05) is 28.6 Å². The number of nitrogens with zero attached hydrogens (tertiary/aromatic N) is 7. The molecule has 6 aromatic carbocycles. The standard InChI is InChI=1S/C36H22ClN9O9S2.6Na/c1-55-27-13-6-5-11-23(27)44-45-25-16-15-22-21(31(25)47)14-17-26(33(22)57(52,53)54)39-36-41-34(37)40-35(42-36)38-24-12-7-8-19-18-28(56(49,50)51)30(32(48)29(19)24)46-43-20-9-3-2-4-10-20;;;;;;/h2-4,6,8-9,11-15,17-18,47-48H,1H3,(H,49,50,51)(H,52,53,54)(H2,38,39,40,41,42);;;;;;/q-4;6*+1/p-2. The predicted octanol–water partition coefficient (Wildman–Crippen LogP) is -10.4. The quantitative estimate of drug-likeness (QED) is 0.0406. The van der Waals surface area contributed by atoms with Gasteiger partial charge in [-0.15, -0.1) is 34.1 Å². The zero-order chi connectivity index (χ0) is 40.5. The number of aromatic hydroxyl groups is 2. The third-order valence-corrected chi connectivity index (χ3v) is 9.84. The monoisotopic (exact) mass is 959 g/mol. The molecular weight excluding hydrogens is 940 g/mol. The Bertz CT molecular complexity index is 3040. The van der Waals surface area contributed by atoms with E-state index in [9.17, 15) is 36.2 Å². The first-order valence-corrected chi connectivity index (χ1v) is 19.0. The van der Waals surface area contributed by atoms with E-state index in [0.717, 1.165) is 12.1 Å². The van der Waals surface area contributed by atoms with Gasteiger partial charge in [0.15, 0.2) is 0 Å².